The third-order valence-corrected chi connectivity index (χ3v) is 14.4. The van der Waals surface area contributed by atoms with Gasteiger partial charge in [-0.2, -0.15) is 0 Å². The minimum atomic E-state index is -1.55. The van der Waals surface area contributed by atoms with E-state index in [1.54, 1.807) is 14.0 Å². The first-order valence-corrected chi connectivity index (χ1v) is 20.0. The summed E-state index contributed by atoms with van der Waals surface area (Å²) in [6.07, 6.45) is 5.85. The molecule has 6 rings (SSSR count). The molecule has 6 aliphatic heterocycles. The van der Waals surface area contributed by atoms with E-state index in [0.717, 1.165) is 51.4 Å². The summed E-state index contributed by atoms with van der Waals surface area (Å²) in [5.74, 6) is -3.26. The van der Waals surface area contributed by atoms with E-state index in [4.69, 9.17) is 33.2 Å². The van der Waals surface area contributed by atoms with Crippen LogP contribution in [0.3, 0.4) is 0 Å². The predicted octanol–water partition coefficient (Wildman–Crippen LogP) is 5.71. The standard InChI is InChI=1S/C40H68O11/c1-21-11-12-28(46-33(21)26(6)36(42)43)17-29-18-30(45-10)27(7)40(48-29)25(5)19-38(9,51-40)32-13-14-37(8,49-32)35-23(3)16-31(47-35)34-22(2)15-24(4)39(44,20-41)50-34/h21-35,41,44H,11-20H2,1-10H3,(H,42,43)/t21?,22-,23-,24?,25+,26+,27?,28+,29+,30+,31+,32?,33?,34+,35+,37-,38+,39-,40+/m0/s1. The van der Waals surface area contributed by atoms with Crippen molar-refractivity contribution in [2.45, 2.75) is 192 Å². The van der Waals surface area contributed by atoms with Gasteiger partial charge in [0.05, 0.1) is 72.6 Å². The second kappa shape index (κ2) is 14.6. The zero-order chi connectivity index (χ0) is 37.3. The molecule has 3 N–H and O–H groups in total. The fraction of sp³-hybridized carbons (Fsp3) is 0.975. The molecule has 5 unspecified atom stereocenters. The maximum atomic E-state index is 11.8. The first-order chi connectivity index (χ1) is 23.9. The first-order valence-electron chi connectivity index (χ1n) is 20.0. The number of hydrogen-bond donors (Lipinski definition) is 3. The molecule has 0 amide bonds. The summed E-state index contributed by atoms with van der Waals surface area (Å²) in [5, 5.41) is 30.7. The molecule has 19 atom stereocenters. The highest BCUT2D eigenvalue weighted by molar-refractivity contribution is 5.70. The maximum Gasteiger partial charge on any atom is 0.308 e. The van der Waals surface area contributed by atoms with Gasteiger partial charge in [-0.3, -0.25) is 4.79 Å². The van der Waals surface area contributed by atoms with E-state index in [1.165, 1.54) is 0 Å². The molecule has 1 spiro atoms. The first kappa shape index (κ1) is 39.8. The number of ether oxygens (including phenoxy) is 7. The largest absolute Gasteiger partial charge is 0.481 e. The van der Waals surface area contributed by atoms with Gasteiger partial charge in [-0.1, -0.05) is 41.5 Å². The number of methoxy groups -OCH3 is 1. The Labute approximate surface area is 305 Å². The van der Waals surface area contributed by atoms with Crippen molar-refractivity contribution < 1.29 is 53.3 Å². The summed E-state index contributed by atoms with van der Waals surface area (Å²) < 4.78 is 47.0. The molecule has 11 heteroatoms. The molecule has 0 aromatic heterocycles. The molecule has 0 aromatic rings. The molecular formula is C40H68O11. The van der Waals surface area contributed by atoms with Gasteiger partial charge in [-0.05, 0) is 83.5 Å². The summed E-state index contributed by atoms with van der Waals surface area (Å²) in [6, 6.07) is 0. The predicted molar refractivity (Wildman–Crippen MR) is 189 cm³/mol. The molecular weight excluding hydrogens is 656 g/mol. The van der Waals surface area contributed by atoms with Crippen LogP contribution >= 0.6 is 0 Å². The van der Waals surface area contributed by atoms with Gasteiger partial charge >= 0.3 is 5.97 Å². The van der Waals surface area contributed by atoms with Gasteiger partial charge in [-0.25, -0.2) is 0 Å². The Morgan fingerprint density at radius 3 is 2.25 bits per heavy atom. The summed E-state index contributed by atoms with van der Waals surface area (Å²) in [4.78, 5) is 11.8. The van der Waals surface area contributed by atoms with Crippen molar-refractivity contribution in [1.29, 1.82) is 0 Å². The summed E-state index contributed by atoms with van der Waals surface area (Å²) >= 11 is 0. The van der Waals surface area contributed by atoms with E-state index in [1.807, 2.05) is 6.92 Å². The van der Waals surface area contributed by atoms with Crippen LogP contribution in [-0.2, 0) is 38.0 Å². The van der Waals surface area contributed by atoms with Gasteiger partial charge in [0, 0.05) is 37.7 Å². The Balaban J connectivity index is 1.13. The molecule has 0 bridgehead atoms. The molecule has 0 saturated carbocycles. The molecule has 294 valence electrons. The number of carbonyl (C=O) groups is 1. The van der Waals surface area contributed by atoms with Gasteiger partial charge in [0.2, 0.25) is 0 Å². The van der Waals surface area contributed by atoms with Crippen LogP contribution < -0.4 is 0 Å². The number of carboxylic acid groups (broad SMARTS) is 1. The lowest BCUT2D eigenvalue weighted by atomic mass is 9.78. The van der Waals surface area contributed by atoms with Crippen LogP contribution in [0.25, 0.3) is 0 Å². The highest BCUT2D eigenvalue weighted by atomic mass is 16.7. The number of hydrogen-bond acceptors (Lipinski definition) is 10. The minimum Gasteiger partial charge on any atom is -0.481 e. The number of aliphatic hydroxyl groups excluding tert-OH is 1. The third-order valence-electron chi connectivity index (χ3n) is 14.4. The van der Waals surface area contributed by atoms with Gasteiger partial charge in [0.25, 0.3) is 0 Å². The van der Waals surface area contributed by atoms with Crippen LogP contribution in [0.1, 0.15) is 120 Å². The Morgan fingerprint density at radius 2 is 1.59 bits per heavy atom. The highest BCUT2D eigenvalue weighted by Gasteiger charge is 2.65. The van der Waals surface area contributed by atoms with Gasteiger partial charge < -0.3 is 48.5 Å². The molecule has 0 aliphatic carbocycles. The Hall–Kier alpha value is -0.890. The zero-order valence-corrected chi connectivity index (χ0v) is 32.8. The molecule has 0 aromatic carbocycles. The minimum absolute atomic E-state index is 0.00727. The molecule has 6 heterocycles. The lowest BCUT2D eigenvalue weighted by Gasteiger charge is -2.50. The summed E-state index contributed by atoms with van der Waals surface area (Å²) in [5.41, 5.74) is -1.10. The highest BCUT2D eigenvalue weighted by Crippen LogP contribution is 2.57. The van der Waals surface area contributed by atoms with Gasteiger partial charge in [0.15, 0.2) is 11.6 Å². The Kier molecular flexibility index (Phi) is 11.4. The topological polar surface area (TPSA) is 142 Å². The van der Waals surface area contributed by atoms with Crippen molar-refractivity contribution in [3.05, 3.63) is 0 Å². The Morgan fingerprint density at radius 1 is 0.863 bits per heavy atom. The van der Waals surface area contributed by atoms with Crippen molar-refractivity contribution in [1.82, 2.24) is 0 Å². The average Bonchev–Trinajstić information content (AvgIpc) is 3.75. The molecule has 0 radical (unpaired) electrons. The lowest BCUT2D eigenvalue weighted by molar-refractivity contribution is -0.353. The smallest absolute Gasteiger partial charge is 0.308 e. The van der Waals surface area contributed by atoms with E-state index in [9.17, 15) is 20.1 Å². The zero-order valence-electron chi connectivity index (χ0n) is 32.8. The summed E-state index contributed by atoms with van der Waals surface area (Å²) in [6.45, 7) is 18.4. The maximum absolute atomic E-state index is 11.8. The van der Waals surface area contributed by atoms with Crippen molar-refractivity contribution in [3.8, 4) is 0 Å². The van der Waals surface area contributed by atoms with Crippen molar-refractivity contribution >= 4 is 5.97 Å². The van der Waals surface area contributed by atoms with Crippen molar-refractivity contribution in [3.63, 3.8) is 0 Å². The lowest BCUT2D eigenvalue weighted by Crippen LogP contribution is -2.58. The van der Waals surface area contributed by atoms with Gasteiger partial charge in [0.1, 0.15) is 0 Å². The second-order valence-electron chi connectivity index (χ2n) is 18.4. The quantitative estimate of drug-likeness (QED) is 0.269. The van der Waals surface area contributed by atoms with Crippen LogP contribution in [0, 0.1) is 41.4 Å². The Bertz CT molecular complexity index is 1230. The van der Waals surface area contributed by atoms with E-state index in [0.29, 0.717) is 6.42 Å². The number of aliphatic hydroxyl groups is 2. The number of aliphatic carboxylic acids is 1. The fourth-order valence-corrected chi connectivity index (χ4v) is 11.3. The SMILES string of the molecule is CO[C@@H]1C[C@@H](C[C@H]2CCC(C)C([C@@H](C)C(=O)O)O2)O[C@]2(O[C@@](C)(C3CC[C@@](C)([C@@H]4O[C@@H]([C@@H]5O[C@@](O)(CO)C(C)C[C@@H]5C)C[C@@H]4C)O3)C[C@H]2C)C1C. The van der Waals surface area contributed by atoms with E-state index in [2.05, 4.69) is 48.5 Å². The summed E-state index contributed by atoms with van der Waals surface area (Å²) in [7, 11) is 1.77. The molecule has 6 aliphatic rings. The number of carboxylic acids is 1. The fourth-order valence-electron chi connectivity index (χ4n) is 11.3. The second-order valence-corrected chi connectivity index (χ2v) is 18.4. The molecule has 51 heavy (non-hydrogen) atoms. The normalized spacial score (nSPS) is 54.2. The van der Waals surface area contributed by atoms with Crippen LogP contribution in [0.2, 0.25) is 0 Å². The molecule has 6 fully saturated rings. The average molecular weight is 725 g/mol. The van der Waals surface area contributed by atoms with Crippen molar-refractivity contribution in [2.24, 2.45) is 41.4 Å². The van der Waals surface area contributed by atoms with E-state index >= 15 is 0 Å². The van der Waals surface area contributed by atoms with Crippen molar-refractivity contribution in [2.75, 3.05) is 13.7 Å². The van der Waals surface area contributed by atoms with E-state index in [-0.39, 0.29) is 84.3 Å². The molecule has 11 nitrogen and oxygen atoms in total. The van der Waals surface area contributed by atoms with E-state index < -0.39 is 41.3 Å². The van der Waals surface area contributed by atoms with Gasteiger partial charge in [-0.15, -0.1) is 0 Å². The molecule has 6 saturated heterocycles. The van der Waals surface area contributed by atoms with Crippen LogP contribution in [0.15, 0.2) is 0 Å². The third kappa shape index (κ3) is 7.19. The van der Waals surface area contributed by atoms with Crippen LogP contribution in [0.4, 0.5) is 0 Å². The van der Waals surface area contributed by atoms with Crippen LogP contribution in [0.5, 0.6) is 0 Å². The number of rotatable bonds is 9. The van der Waals surface area contributed by atoms with Crippen LogP contribution in [-0.4, -0.2) is 107 Å². The monoisotopic (exact) mass is 724 g/mol.